The molecule has 0 saturated heterocycles. The lowest BCUT2D eigenvalue weighted by atomic mass is 9.90. The first kappa shape index (κ1) is 13.9. The van der Waals surface area contributed by atoms with Crippen LogP contribution in [0, 0.1) is 5.92 Å². The molecule has 1 amide bonds. The molecule has 1 fully saturated rings. The number of carbonyl (C=O) groups excluding carboxylic acids is 1. The lowest BCUT2D eigenvalue weighted by Crippen LogP contribution is -2.20. The molecule has 2 aromatic rings. The smallest absolute Gasteiger partial charge is 0.411 e. The summed E-state index contributed by atoms with van der Waals surface area (Å²) in [5, 5.41) is 5.01. The Bertz CT molecular complexity index is 612. The molecule has 3 nitrogen and oxygen atoms in total. The van der Waals surface area contributed by atoms with Crippen LogP contribution in [0.3, 0.4) is 0 Å². The molecule has 0 unspecified atom stereocenters. The molecule has 0 atom stereocenters. The molecule has 110 valence electrons. The van der Waals surface area contributed by atoms with Gasteiger partial charge in [0.1, 0.15) is 0 Å². The van der Waals surface area contributed by atoms with E-state index >= 15 is 0 Å². The van der Waals surface area contributed by atoms with Crippen molar-refractivity contribution in [2.75, 3.05) is 11.9 Å². The van der Waals surface area contributed by atoms with Gasteiger partial charge in [-0.2, -0.15) is 0 Å². The largest absolute Gasteiger partial charge is 0.449 e. The van der Waals surface area contributed by atoms with Crippen LogP contribution in [-0.4, -0.2) is 12.7 Å². The molecular weight excluding hydrogens is 262 g/mol. The normalized spacial score (nSPS) is 15.8. The van der Waals surface area contributed by atoms with E-state index in [1.807, 2.05) is 42.5 Å². The Morgan fingerprint density at radius 3 is 2.67 bits per heavy atom. The predicted molar refractivity (Wildman–Crippen MR) is 85.5 cm³/mol. The zero-order valence-corrected chi connectivity index (χ0v) is 12.2. The molecule has 3 heteroatoms. The van der Waals surface area contributed by atoms with Crippen molar-refractivity contribution in [1.82, 2.24) is 0 Å². The van der Waals surface area contributed by atoms with E-state index in [1.54, 1.807) is 0 Å². The third-order valence-electron chi connectivity index (χ3n) is 4.20. The Morgan fingerprint density at radius 1 is 1.05 bits per heavy atom. The average molecular weight is 283 g/mol. The van der Waals surface area contributed by atoms with Gasteiger partial charge in [-0.3, -0.25) is 5.32 Å². The number of fused-ring (bicyclic) bond motifs is 1. The first-order valence-electron chi connectivity index (χ1n) is 7.74. The minimum absolute atomic E-state index is 0.350. The molecule has 1 saturated carbocycles. The molecule has 1 N–H and O–H groups in total. The van der Waals surface area contributed by atoms with Gasteiger partial charge in [0, 0.05) is 5.39 Å². The average Bonchev–Trinajstić information content (AvgIpc) is 2.54. The second-order valence-corrected chi connectivity index (χ2v) is 5.75. The molecule has 0 aliphatic heterocycles. The molecule has 1 aliphatic rings. The molecule has 21 heavy (non-hydrogen) atoms. The topological polar surface area (TPSA) is 38.3 Å². The lowest BCUT2D eigenvalue weighted by molar-refractivity contribution is 0.128. The summed E-state index contributed by atoms with van der Waals surface area (Å²) in [4.78, 5) is 12.0. The Balaban J connectivity index is 1.61. The number of amides is 1. The van der Waals surface area contributed by atoms with E-state index in [9.17, 15) is 4.79 Å². The van der Waals surface area contributed by atoms with Crippen LogP contribution < -0.4 is 5.32 Å². The van der Waals surface area contributed by atoms with E-state index in [1.165, 1.54) is 32.1 Å². The maximum Gasteiger partial charge on any atom is 0.411 e. The van der Waals surface area contributed by atoms with E-state index in [0.29, 0.717) is 12.5 Å². The van der Waals surface area contributed by atoms with Gasteiger partial charge in [-0.25, -0.2) is 4.79 Å². The highest BCUT2D eigenvalue weighted by Gasteiger charge is 2.15. The van der Waals surface area contributed by atoms with Crippen LogP contribution in [0.25, 0.3) is 10.8 Å². The van der Waals surface area contributed by atoms with E-state index in [2.05, 4.69) is 5.32 Å². The second-order valence-electron chi connectivity index (χ2n) is 5.75. The quantitative estimate of drug-likeness (QED) is 0.863. The first-order valence-corrected chi connectivity index (χ1v) is 7.74. The third kappa shape index (κ3) is 3.54. The summed E-state index contributed by atoms with van der Waals surface area (Å²) < 4.78 is 5.38. The van der Waals surface area contributed by atoms with Crippen LogP contribution >= 0.6 is 0 Å². The maximum absolute atomic E-state index is 12.0. The molecule has 1 aliphatic carbocycles. The Labute approximate surface area is 125 Å². The number of rotatable bonds is 3. The van der Waals surface area contributed by atoms with Gasteiger partial charge in [-0.15, -0.1) is 0 Å². The highest BCUT2D eigenvalue weighted by atomic mass is 16.5. The molecule has 0 bridgehead atoms. The van der Waals surface area contributed by atoms with Crippen LogP contribution in [0.15, 0.2) is 42.5 Å². The summed E-state index contributed by atoms with van der Waals surface area (Å²) in [5.41, 5.74) is 0.807. The van der Waals surface area contributed by atoms with E-state index in [0.717, 1.165) is 16.5 Å². The van der Waals surface area contributed by atoms with Gasteiger partial charge in [-0.05, 0) is 30.2 Å². The van der Waals surface area contributed by atoms with E-state index < -0.39 is 0 Å². The minimum atomic E-state index is -0.350. The minimum Gasteiger partial charge on any atom is -0.449 e. The van der Waals surface area contributed by atoms with Gasteiger partial charge in [0.15, 0.2) is 0 Å². The summed E-state index contributed by atoms with van der Waals surface area (Å²) in [7, 11) is 0. The van der Waals surface area contributed by atoms with Crippen LogP contribution in [0.2, 0.25) is 0 Å². The van der Waals surface area contributed by atoms with Crippen LogP contribution in [0.5, 0.6) is 0 Å². The van der Waals surface area contributed by atoms with Gasteiger partial charge < -0.3 is 4.74 Å². The molecule has 0 heterocycles. The summed E-state index contributed by atoms with van der Waals surface area (Å²) in [5.74, 6) is 0.539. The van der Waals surface area contributed by atoms with Gasteiger partial charge in [0.25, 0.3) is 0 Å². The van der Waals surface area contributed by atoms with Crippen molar-refractivity contribution in [3.63, 3.8) is 0 Å². The number of hydrogen-bond donors (Lipinski definition) is 1. The fraction of sp³-hybridized carbons (Fsp3) is 0.389. The highest BCUT2D eigenvalue weighted by Crippen LogP contribution is 2.25. The second kappa shape index (κ2) is 6.61. The molecule has 0 aromatic heterocycles. The Morgan fingerprint density at radius 2 is 1.81 bits per heavy atom. The third-order valence-corrected chi connectivity index (χ3v) is 4.20. The zero-order chi connectivity index (χ0) is 14.5. The monoisotopic (exact) mass is 283 g/mol. The fourth-order valence-corrected chi connectivity index (χ4v) is 3.03. The Kier molecular flexibility index (Phi) is 4.39. The molecule has 3 rings (SSSR count). The lowest BCUT2D eigenvalue weighted by Gasteiger charge is -2.21. The summed E-state index contributed by atoms with van der Waals surface area (Å²) >= 11 is 0. The number of nitrogens with one attached hydrogen (secondary N) is 1. The van der Waals surface area contributed by atoms with Crippen molar-refractivity contribution in [2.45, 2.75) is 32.1 Å². The SMILES string of the molecule is O=C(Nc1cccc2ccccc12)OCC1CCCCC1. The van der Waals surface area contributed by atoms with E-state index in [4.69, 9.17) is 4.74 Å². The predicted octanol–water partition coefficient (Wildman–Crippen LogP) is 4.97. The molecule has 0 spiro atoms. The number of hydrogen-bond acceptors (Lipinski definition) is 2. The summed E-state index contributed by atoms with van der Waals surface area (Å²) in [6, 6.07) is 13.9. The van der Waals surface area contributed by atoms with E-state index in [-0.39, 0.29) is 6.09 Å². The summed E-state index contributed by atoms with van der Waals surface area (Å²) in [6.45, 7) is 0.538. The van der Waals surface area contributed by atoms with Gasteiger partial charge >= 0.3 is 6.09 Å². The Hall–Kier alpha value is -2.03. The van der Waals surface area contributed by atoms with Crippen molar-refractivity contribution in [2.24, 2.45) is 5.92 Å². The standard InChI is InChI=1S/C18H21NO2/c20-18(21-13-14-7-2-1-3-8-14)19-17-12-6-10-15-9-4-5-11-16(15)17/h4-6,9-12,14H,1-3,7-8,13H2,(H,19,20). The molecule has 0 radical (unpaired) electrons. The van der Waals surface area contributed by atoms with Crippen molar-refractivity contribution < 1.29 is 9.53 Å². The van der Waals surface area contributed by atoms with Crippen molar-refractivity contribution in [3.05, 3.63) is 42.5 Å². The number of anilines is 1. The molecule has 2 aromatic carbocycles. The summed E-state index contributed by atoms with van der Waals surface area (Å²) in [6.07, 6.45) is 5.86. The van der Waals surface area contributed by atoms with Crippen LogP contribution in [-0.2, 0) is 4.74 Å². The van der Waals surface area contributed by atoms with Crippen LogP contribution in [0.4, 0.5) is 10.5 Å². The van der Waals surface area contributed by atoms with Crippen molar-refractivity contribution >= 4 is 22.6 Å². The highest BCUT2D eigenvalue weighted by molar-refractivity contribution is 6.00. The molecular formula is C18H21NO2. The van der Waals surface area contributed by atoms with Gasteiger partial charge in [0.2, 0.25) is 0 Å². The van der Waals surface area contributed by atoms with Gasteiger partial charge in [0.05, 0.1) is 12.3 Å². The first-order chi connectivity index (χ1) is 10.3. The van der Waals surface area contributed by atoms with Crippen molar-refractivity contribution in [3.8, 4) is 0 Å². The number of benzene rings is 2. The zero-order valence-electron chi connectivity index (χ0n) is 12.2. The van der Waals surface area contributed by atoms with Crippen molar-refractivity contribution in [1.29, 1.82) is 0 Å². The van der Waals surface area contributed by atoms with Crippen LogP contribution in [0.1, 0.15) is 32.1 Å². The number of ether oxygens (including phenoxy) is 1. The maximum atomic E-state index is 12.0. The number of carbonyl (C=O) groups is 1. The fourth-order valence-electron chi connectivity index (χ4n) is 3.03. The van der Waals surface area contributed by atoms with Gasteiger partial charge in [-0.1, -0.05) is 55.7 Å².